The van der Waals surface area contributed by atoms with E-state index in [0.717, 1.165) is 48.8 Å². The second-order valence-electron chi connectivity index (χ2n) is 13.3. The Balaban J connectivity index is 1.05. The summed E-state index contributed by atoms with van der Waals surface area (Å²) in [6.07, 6.45) is 8.49. The summed E-state index contributed by atoms with van der Waals surface area (Å²) in [4.78, 5) is 17.0. The van der Waals surface area contributed by atoms with Gasteiger partial charge in [-0.3, -0.25) is 14.1 Å². The van der Waals surface area contributed by atoms with Crippen molar-refractivity contribution in [3.63, 3.8) is 0 Å². The number of aromatic nitrogens is 2. The van der Waals surface area contributed by atoms with E-state index in [1.54, 1.807) is 13.2 Å². The van der Waals surface area contributed by atoms with Gasteiger partial charge < -0.3 is 25.0 Å². The van der Waals surface area contributed by atoms with Crippen LogP contribution in [0.15, 0.2) is 30.5 Å². The number of methoxy groups -OCH3 is 1. The lowest BCUT2D eigenvalue weighted by Gasteiger charge is -2.43. The predicted molar refractivity (Wildman–Crippen MR) is 192 cm³/mol. The summed E-state index contributed by atoms with van der Waals surface area (Å²) in [6, 6.07) is 9.30. The minimum absolute atomic E-state index is 0.279. The van der Waals surface area contributed by atoms with Crippen molar-refractivity contribution < 1.29 is 17.9 Å². The maximum Gasteiger partial charge on any atom is 0.232 e. The lowest BCUT2D eigenvalue weighted by Crippen LogP contribution is -2.53. The molecule has 0 spiro atoms. The zero-order valence-electron chi connectivity index (χ0n) is 28.1. The van der Waals surface area contributed by atoms with E-state index in [-0.39, 0.29) is 5.02 Å². The Morgan fingerprint density at radius 3 is 2.29 bits per heavy atom. The molecule has 258 valence electrons. The standard InChI is InChI=1S/C34H45ClN8O4S/c1-22-17-28(32(46-3)20-29(22)43-10-7-25(8-11-43)42-14-12-41(13-15-42)24-5-6-24)38-34-36-21-26(35)33(39-34)37-27-19-31-23(9-16-47-31)18-30(27)40(2)48(4,44)45/h17-21,24-25H,5-16H2,1-4H3,(H2,36,37,38,39). The summed E-state index contributed by atoms with van der Waals surface area (Å²) < 4.78 is 37.8. The molecule has 7 rings (SSSR count). The van der Waals surface area contributed by atoms with Gasteiger partial charge in [0.2, 0.25) is 16.0 Å². The lowest BCUT2D eigenvalue weighted by molar-refractivity contribution is 0.0809. The van der Waals surface area contributed by atoms with Crippen molar-refractivity contribution in [3.05, 3.63) is 46.6 Å². The van der Waals surface area contributed by atoms with Gasteiger partial charge in [0.1, 0.15) is 16.5 Å². The number of benzene rings is 2. The van der Waals surface area contributed by atoms with E-state index in [1.165, 1.54) is 68.5 Å². The van der Waals surface area contributed by atoms with Crippen molar-refractivity contribution in [2.24, 2.45) is 0 Å². The van der Waals surface area contributed by atoms with Crippen LogP contribution in [0.2, 0.25) is 5.02 Å². The molecule has 0 atom stereocenters. The molecule has 48 heavy (non-hydrogen) atoms. The number of hydrogen-bond donors (Lipinski definition) is 2. The number of anilines is 6. The molecule has 3 aliphatic heterocycles. The normalized spacial score (nSPS) is 19.1. The number of hydrogen-bond acceptors (Lipinski definition) is 11. The first-order valence-electron chi connectivity index (χ1n) is 16.8. The lowest BCUT2D eigenvalue weighted by atomic mass is 10.0. The monoisotopic (exact) mass is 696 g/mol. The zero-order chi connectivity index (χ0) is 33.6. The van der Waals surface area contributed by atoms with Crippen LogP contribution in [-0.4, -0.2) is 107 Å². The molecule has 14 heteroatoms. The van der Waals surface area contributed by atoms with Gasteiger partial charge >= 0.3 is 0 Å². The Morgan fingerprint density at radius 2 is 1.65 bits per heavy atom. The number of sulfonamides is 1. The van der Waals surface area contributed by atoms with Crippen LogP contribution in [0, 0.1) is 6.92 Å². The molecule has 3 aromatic rings. The van der Waals surface area contributed by atoms with Gasteiger partial charge in [0, 0.05) is 82.6 Å². The van der Waals surface area contributed by atoms with Gasteiger partial charge in [0.25, 0.3) is 0 Å². The fraction of sp³-hybridized carbons (Fsp3) is 0.529. The van der Waals surface area contributed by atoms with Crippen LogP contribution < -0.4 is 29.3 Å². The van der Waals surface area contributed by atoms with Crippen LogP contribution in [0.1, 0.15) is 36.8 Å². The molecule has 1 aliphatic carbocycles. The first-order chi connectivity index (χ1) is 23.1. The van der Waals surface area contributed by atoms with E-state index in [4.69, 9.17) is 21.1 Å². The highest BCUT2D eigenvalue weighted by Crippen LogP contribution is 2.40. The highest BCUT2D eigenvalue weighted by Gasteiger charge is 2.34. The quantitative estimate of drug-likeness (QED) is 0.298. The Labute approximate surface area is 288 Å². The summed E-state index contributed by atoms with van der Waals surface area (Å²) in [6.45, 7) is 9.52. The summed E-state index contributed by atoms with van der Waals surface area (Å²) in [5.74, 6) is 2.02. The smallest absolute Gasteiger partial charge is 0.232 e. The Hall–Kier alpha value is -3.52. The molecule has 12 nitrogen and oxygen atoms in total. The molecular formula is C34H45ClN8O4S. The minimum atomic E-state index is -3.53. The van der Waals surface area contributed by atoms with Crippen LogP contribution >= 0.6 is 11.6 Å². The van der Waals surface area contributed by atoms with Gasteiger partial charge in [0.15, 0.2) is 5.82 Å². The van der Waals surface area contributed by atoms with Crippen molar-refractivity contribution in [3.8, 4) is 11.5 Å². The number of ether oxygens (including phenoxy) is 2. The molecule has 2 N–H and O–H groups in total. The van der Waals surface area contributed by atoms with Crippen molar-refractivity contribution in [1.82, 2.24) is 19.8 Å². The number of nitrogens with zero attached hydrogens (tertiary/aromatic N) is 6. The van der Waals surface area contributed by atoms with Crippen LogP contribution in [0.5, 0.6) is 11.5 Å². The number of halogens is 1. The van der Waals surface area contributed by atoms with E-state index in [2.05, 4.69) is 54.4 Å². The third kappa shape index (κ3) is 6.96. The number of aryl methyl sites for hydroxylation is 1. The number of piperidine rings is 1. The molecule has 1 saturated carbocycles. The van der Waals surface area contributed by atoms with Crippen LogP contribution in [0.25, 0.3) is 0 Å². The molecule has 1 aromatic heterocycles. The number of piperazine rings is 1. The second kappa shape index (κ2) is 13.4. The molecule has 0 bridgehead atoms. The zero-order valence-corrected chi connectivity index (χ0v) is 29.7. The summed E-state index contributed by atoms with van der Waals surface area (Å²) >= 11 is 6.55. The minimum Gasteiger partial charge on any atom is -0.494 e. The maximum absolute atomic E-state index is 12.5. The molecule has 3 fully saturated rings. The highest BCUT2D eigenvalue weighted by atomic mass is 35.5. The third-order valence-electron chi connectivity index (χ3n) is 10.1. The van der Waals surface area contributed by atoms with Gasteiger partial charge in [-0.2, -0.15) is 4.98 Å². The van der Waals surface area contributed by atoms with Crippen molar-refractivity contribution in [2.75, 3.05) is 86.1 Å². The molecule has 2 aromatic carbocycles. The summed E-state index contributed by atoms with van der Waals surface area (Å²) in [7, 11) is -0.345. The third-order valence-corrected chi connectivity index (χ3v) is 11.6. The summed E-state index contributed by atoms with van der Waals surface area (Å²) in [5, 5.41) is 6.82. The highest BCUT2D eigenvalue weighted by molar-refractivity contribution is 7.92. The van der Waals surface area contributed by atoms with E-state index in [0.29, 0.717) is 53.7 Å². The number of nitrogens with one attached hydrogen (secondary N) is 2. The maximum atomic E-state index is 12.5. The van der Waals surface area contributed by atoms with E-state index >= 15 is 0 Å². The molecule has 2 saturated heterocycles. The largest absolute Gasteiger partial charge is 0.494 e. The summed E-state index contributed by atoms with van der Waals surface area (Å²) in [5.41, 5.74) is 4.96. The van der Waals surface area contributed by atoms with Crippen molar-refractivity contribution in [1.29, 1.82) is 0 Å². The van der Waals surface area contributed by atoms with Crippen molar-refractivity contribution >= 4 is 56.1 Å². The Bertz CT molecular complexity index is 1770. The molecule has 0 radical (unpaired) electrons. The van der Waals surface area contributed by atoms with Gasteiger partial charge in [0.05, 0.1) is 43.2 Å². The molecule has 4 aliphatic rings. The molecular weight excluding hydrogens is 652 g/mol. The van der Waals surface area contributed by atoms with Gasteiger partial charge in [-0.15, -0.1) is 0 Å². The topological polar surface area (TPSA) is 115 Å². The Morgan fingerprint density at radius 1 is 0.958 bits per heavy atom. The molecule has 0 unspecified atom stereocenters. The number of fused-ring (bicyclic) bond motifs is 1. The van der Waals surface area contributed by atoms with E-state index < -0.39 is 10.0 Å². The average molecular weight is 697 g/mol. The second-order valence-corrected chi connectivity index (χ2v) is 15.7. The number of rotatable bonds is 10. The van der Waals surface area contributed by atoms with Gasteiger partial charge in [-0.25, -0.2) is 13.4 Å². The SMILES string of the molecule is COc1cc(N2CCC(N3CCN(C4CC4)CC3)CC2)c(C)cc1Nc1ncc(Cl)c(Nc2cc3c(cc2N(C)S(C)(=O)=O)CCO3)n1. The van der Waals surface area contributed by atoms with Crippen LogP contribution in [-0.2, 0) is 16.4 Å². The van der Waals surface area contributed by atoms with Gasteiger partial charge in [-0.05, 0) is 55.9 Å². The average Bonchev–Trinajstić information content (AvgIpc) is 3.83. The molecule has 4 heterocycles. The van der Waals surface area contributed by atoms with Crippen LogP contribution in [0.3, 0.4) is 0 Å². The predicted octanol–water partition coefficient (Wildman–Crippen LogP) is 5.01. The fourth-order valence-corrected chi connectivity index (χ4v) is 7.83. The first kappa shape index (κ1) is 33.0. The first-order valence-corrected chi connectivity index (χ1v) is 19.0. The van der Waals surface area contributed by atoms with E-state index in [9.17, 15) is 8.42 Å². The fourth-order valence-electron chi connectivity index (χ4n) is 7.18. The molecule has 0 amide bonds. The van der Waals surface area contributed by atoms with Gasteiger partial charge in [-0.1, -0.05) is 11.6 Å². The van der Waals surface area contributed by atoms with Crippen LogP contribution in [0.4, 0.5) is 34.5 Å². The van der Waals surface area contributed by atoms with E-state index in [1.807, 2.05) is 6.07 Å². The van der Waals surface area contributed by atoms with Crippen molar-refractivity contribution in [2.45, 2.75) is 51.1 Å². The Kier molecular flexibility index (Phi) is 9.22.